The molecule has 1 fully saturated rings. The zero-order valence-electron chi connectivity index (χ0n) is 15.6. The van der Waals surface area contributed by atoms with Gasteiger partial charge in [-0.1, -0.05) is 42.5 Å². The third kappa shape index (κ3) is 4.66. The van der Waals surface area contributed by atoms with Crippen molar-refractivity contribution in [3.8, 4) is 17.1 Å². The highest BCUT2D eigenvalue weighted by molar-refractivity contribution is 9.10. The van der Waals surface area contributed by atoms with Crippen LogP contribution in [-0.4, -0.2) is 41.9 Å². The van der Waals surface area contributed by atoms with Crippen LogP contribution in [0.1, 0.15) is 12.8 Å². The third-order valence-corrected chi connectivity index (χ3v) is 7.10. The fraction of sp³-hybridized carbons (Fsp3) is 0.238. The summed E-state index contributed by atoms with van der Waals surface area (Å²) in [5.41, 5.74) is 2.04. The first-order chi connectivity index (χ1) is 14.0. The molecule has 0 amide bonds. The molecule has 0 spiro atoms. The number of piperidine rings is 1. The van der Waals surface area contributed by atoms with Crippen molar-refractivity contribution >= 4 is 26.0 Å². The van der Waals surface area contributed by atoms with E-state index >= 15 is 0 Å². The normalized spacial score (nSPS) is 17.8. The molecule has 1 aliphatic heterocycles. The smallest absolute Gasteiger partial charge is 0.316 e. The van der Waals surface area contributed by atoms with Crippen LogP contribution in [0.5, 0.6) is 6.01 Å². The molecule has 0 saturated carbocycles. The lowest BCUT2D eigenvalue weighted by atomic mass is 10.1. The molecule has 150 valence electrons. The van der Waals surface area contributed by atoms with E-state index < -0.39 is 10.0 Å². The number of ether oxygens (including phenoxy) is 1. The van der Waals surface area contributed by atoms with E-state index in [1.165, 1.54) is 4.31 Å². The average Bonchev–Trinajstić information content (AvgIpc) is 2.76. The molecule has 0 bridgehead atoms. The Kier molecular flexibility index (Phi) is 5.94. The van der Waals surface area contributed by atoms with Crippen LogP contribution in [0.2, 0.25) is 0 Å². The topological polar surface area (TPSA) is 72.4 Å². The summed E-state index contributed by atoms with van der Waals surface area (Å²) in [6.45, 7) is 0.756. The molecular weight excluding hydrogens is 454 g/mol. The molecule has 29 heavy (non-hydrogen) atoms. The highest BCUT2D eigenvalue weighted by Crippen LogP contribution is 2.25. The highest BCUT2D eigenvalue weighted by Gasteiger charge is 2.31. The van der Waals surface area contributed by atoms with Crippen LogP contribution >= 0.6 is 15.9 Å². The number of hydrogen-bond donors (Lipinski definition) is 0. The molecule has 4 rings (SSSR count). The first-order valence-electron chi connectivity index (χ1n) is 9.32. The Labute approximate surface area is 178 Å². The Bertz CT molecular complexity index is 1060. The van der Waals surface area contributed by atoms with E-state index in [1.807, 2.05) is 42.5 Å². The monoisotopic (exact) mass is 473 g/mol. The minimum atomic E-state index is -3.59. The summed E-state index contributed by atoms with van der Waals surface area (Å²) in [7, 11) is -3.59. The second-order valence-corrected chi connectivity index (χ2v) is 9.67. The van der Waals surface area contributed by atoms with Crippen LogP contribution < -0.4 is 4.74 Å². The molecule has 3 aromatic rings. The predicted octanol–water partition coefficient (Wildman–Crippen LogP) is 4.14. The van der Waals surface area contributed by atoms with Gasteiger partial charge in [-0.3, -0.25) is 0 Å². The molecule has 6 nitrogen and oxygen atoms in total. The van der Waals surface area contributed by atoms with Crippen molar-refractivity contribution in [3.63, 3.8) is 0 Å². The third-order valence-electron chi connectivity index (χ3n) is 4.81. The second kappa shape index (κ2) is 8.61. The Morgan fingerprint density at radius 2 is 1.62 bits per heavy atom. The van der Waals surface area contributed by atoms with Crippen molar-refractivity contribution in [2.45, 2.75) is 23.8 Å². The average molecular weight is 474 g/mol. The van der Waals surface area contributed by atoms with E-state index in [1.54, 1.807) is 24.5 Å². The number of halogens is 1. The lowest BCUT2D eigenvalue weighted by Crippen LogP contribution is -2.44. The Hall–Kier alpha value is -2.29. The first kappa shape index (κ1) is 20.0. The summed E-state index contributed by atoms with van der Waals surface area (Å²) in [6, 6.07) is 17.2. The van der Waals surface area contributed by atoms with Crippen molar-refractivity contribution in [1.82, 2.24) is 14.3 Å². The van der Waals surface area contributed by atoms with Gasteiger partial charge in [-0.05, 0) is 52.0 Å². The van der Waals surface area contributed by atoms with Gasteiger partial charge in [0.2, 0.25) is 10.0 Å². The van der Waals surface area contributed by atoms with Crippen molar-refractivity contribution in [2.75, 3.05) is 13.1 Å². The van der Waals surface area contributed by atoms with E-state index in [2.05, 4.69) is 25.9 Å². The summed E-state index contributed by atoms with van der Waals surface area (Å²) < 4.78 is 34.3. The zero-order chi connectivity index (χ0) is 20.3. The quantitative estimate of drug-likeness (QED) is 0.556. The van der Waals surface area contributed by atoms with E-state index in [4.69, 9.17) is 4.74 Å². The molecule has 1 saturated heterocycles. The predicted molar refractivity (Wildman–Crippen MR) is 114 cm³/mol. The van der Waals surface area contributed by atoms with Gasteiger partial charge in [0.05, 0.1) is 15.9 Å². The summed E-state index contributed by atoms with van der Waals surface area (Å²) in [5.74, 6) is 0. The SMILES string of the molecule is O=S(=O)(c1ccc(-c2ccccc2)cc1)N1CCCC(Oc2ncc(Br)cn2)C1. The fourth-order valence-electron chi connectivity index (χ4n) is 3.33. The van der Waals surface area contributed by atoms with Crippen molar-refractivity contribution < 1.29 is 13.2 Å². The van der Waals surface area contributed by atoms with Crippen molar-refractivity contribution in [3.05, 3.63) is 71.5 Å². The summed E-state index contributed by atoms with van der Waals surface area (Å²) in [4.78, 5) is 8.51. The molecule has 1 aromatic heterocycles. The molecular formula is C21H20BrN3O3S. The van der Waals surface area contributed by atoms with Gasteiger partial charge in [0.25, 0.3) is 0 Å². The van der Waals surface area contributed by atoms with Gasteiger partial charge >= 0.3 is 6.01 Å². The Morgan fingerprint density at radius 1 is 0.966 bits per heavy atom. The van der Waals surface area contributed by atoms with Gasteiger partial charge in [-0.2, -0.15) is 4.31 Å². The van der Waals surface area contributed by atoms with Crippen LogP contribution in [0, 0.1) is 0 Å². The van der Waals surface area contributed by atoms with Gasteiger partial charge in [0, 0.05) is 18.9 Å². The van der Waals surface area contributed by atoms with Gasteiger partial charge in [-0.25, -0.2) is 18.4 Å². The van der Waals surface area contributed by atoms with Gasteiger partial charge < -0.3 is 4.74 Å². The van der Waals surface area contributed by atoms with Crippen LogP contribution in [0.3, 0.4) is 0 Å². The van der Waals surface area contributed by atoms with Gasteiger partial charge in [-0.15, -0.1) is 0 Å². The fourth-order valence-corrected chi connectivity index (χ4v) is 5.04. The minimum absolute atomic E-state index is 0.254. The molecule has 0 aliphatic carbocycles. The van der Waals surface area contributed by atoms with Crippen molar-refractivity contribution in [2.24, 2.45) is 0 Å². The number of sulfonamides is 1. The number of aromatic nitrogens is 2. The Balaban J connectivity index is 1.48. The minimum Gasteiger partial charge on any atom is -0.459 e. The summed E-state index contributed by atoms with van der Waals surface area (Å²) in [5, 5.41) is 0. The van der Waals surface area contributed by atoms with Gasteiger partial charge in [0.1, 0.15) is 6.10 Å². The highest BCUT2D eigenvalue weighted by atomic mass is 79.9. The molecule has 1 unspecified atom stereocenters. The molecule has 1 atom stereocenters. The lowest BCUT2D eigenvalue weighted by molar-refractivity contribution is 0.119. The molecule has 1 aliphatic rings. The van der Waals surface area contributed by atoms with Crippen LogP contribution in [0.4, 0.5) is 0 Å². The first-order valence-corrected chi connectivity index (χ1v) is 11.6. The van der Waals surface area contributed by atoms with E-state index in [-0.39, 0.29) is 23.6 Å². The summed E-state index contributed by atoms with van der Waals surface area (Å²) >= 11 is 3.28. The lowest BCUT2D eigenvalue weighted by Gasteiger charge is -2.31. The maximum absolute atomic E-state index is 13.1. The van der Waals surface area contributed by atoms with Crippen LogP contribution in [0.25, 0.3) is 11.1 Å². The van der Waals surface area contributed by atoms with E-state index in [0.29, 0.717) is 6.54 Å². The summed E-state index contributed by atoms with van der Waals surface area (Å²) in [6.07, 6.45) is 4.42. The Morgan fingerprint density at radius 3 is 2.31 bits per heavy atom. The molecule has 0 N–H and O–H groups in total. The number of rotatable bonds is 5. The molecule has 2 heterocycles. The van der Waals surface area contributed by atoms with Gasteiger partial charge in [0.15, 0.2) is 0 Å². The zero-order valence-corrected chi connectivity index (χ0v) is 18.0. The van der Waals surface area contributed by atoms with E-state index in [0.717, 1.165) is 28.4 Å². The number of benzene rings is 2. The largest absolute Gasteiger partial charge is 0.459 e. The maximum Gasteiger partial charge on any atom is 0.316 e. The number of nitrogens with zero attached hydrogens (tertiary/aromatic N) is 3. The molecule has 0 radical (unpaired) electrons. The van der Waals surface area contributed by atoms with Crippen LogP contribution in [0.15, 0.2) is 76.4 Å². The number of hydrogen-bond acceptors (Lipinski definition) is 5. The standard InChI is InChI=1S/C21H20BrN3O3S/c22-18-13-23-21(24-14-18)28-19-7-4-12-25(15-19)29(26,27)20-10-8-17(9-11-20)16-5-2-1-3-6-16/h1-3,5-6,8-11,13-14,19H,4,7,12,15H2. The molecule has 8 heteroatoms. The van der Waals surface area contributed by atoms with Crippen LogP contribution in [-0.2, 0) is 10.0 Å². The van der Waals surface area contributed by atoms with E-state index in [9.17, 15) is 8.42 Å². The maximum atomic E-state index is 13.1. The van der Waals surface area contributed by atoms with Crippen molar-refractivity contribution in [1.29, 1.82) is 0 Å². The molecule has 2 aromatic carbocycles. The second-order valence-electron chi connectivity index (χ2n) is 6.82.